The number of hydrogen-bond acceptors (Lipinski definition) is 0. The van der Waals surface area contributed by atoms with E-state index in [9.17, 15) is 0 Å². The summed E-state index contributed by atoms with van der Waals surface area (Å²) in [6.07, 6.45) is 10.6. The fourth-order valence-corrected chi connectivity index (χ4v) is 1.91. The Labute approximate surface area is 82.9 Å². The maximum atomic E-state index is 2.39. The number of nitrogens with zero attached hydrogens (tertiary/aromatic N) is 1. The van der Waals surface area contributed by atoms with Crippen molar-refractivity contribution in [1.29, 1.82) is 0 Å². The van der Waals surface area contributed by atoms with Crippen LogP contribution in [-0.2, 0) is 0 Å². The maximum Gasteiger partial charge on any atom is 0.142 e. The average Bonchev–Trinajstić information content (AvgIpc) is 2.07. The second-order valence-electron chi connectivity index (χ2n) is 5.20. The van der Waals surface area contributed by atoms with Gasteiger partial charge in [-0.25, -0.2) is 4.58 Å². The first kappa shape index (κ1) is 10.7. The van der Waals surface area contributed by atoms with Crippen LogP contribution in [-0.4, -0.2) is 24.4 Å². The van der Waals surface area contributed by atoms with E-state index in [0.717, 1.165) is 0 Å². The molecule has 1 aliphatic heterocycles. The van der Waals surface area contributed by atoms with Gasteiger partial charge in [0.25, 0.3) is 0 Å². The minimum absolute atomic E-state index is 0.519. The number of hydrogen-bond donors (Lipinski definition) is 0. The summed E-state index contributed by atoms with van der Waals surface area (Å²) in [5, 5.41) is 0. The summed E-state index contributed by atoms with van der Waals surface area (Å²) in [6.45, 7) is 6.02. The van der Waals surface area contributed by atoms with Gasteiger partial charge in [-0.3, -0.25) is 0 Å². The largest absolute Gasteiger partial charge is 0.242 e. The standard InChI is InChI=1S/C12H24N/c1-12(2)8-6-4-5-7-10-13(3)11-9-12/h11H,4-10H2,1-3H3/q+1. The lowest BCUT2D eigenvalue weighted by Crippen LogP contribution is -2.18. The van der Waals surface area contributed by atoms with Crippen LogP contribution in [0, 0.1) is 5.41 Å². The van der Waals surface area contributed by atoms with E-state index in [1.807, 2.05) is 0 Å². The third-order valence-electron chi connectivity index (χ3n) is 3.07. The third kappa shape index (κ3) is 4.44. The molecule has 0 aromatic carbocycles. The summed E-state index contributed by atoms with van der Waals surface area (Å²) in [6, 6.07) is 0. The van der Waals surface area contributed by atoms with Gasteiger partial charge in [0.15, 0.2) is 0 Å². The van der Waals surface area contributed by atoms with Crippen molar-refractivity contribution >= 4 is 6.21 Å². The first-order chi connectivity index (χ1) is 6.10. The van der Waals surface area contributed by atoms with Crippen molar-refractivity contribution in [3.8, 4) is 0 Å². The predicted octanol–water partition coefficient (Wildman–Crippen LogP) is 3.08. The average molecular weight is 182 g/mol. The van der Waals surface area contributed by atoms with Crippen molar-refractivity contribution in [2.24, 2.45) is 5.41 Å². The Balaban J connectivity index is 2.53. The quantitative estimate of drug-likeness (QED) is 0.506. The van der Waals surface area contributed by atoms with E-state index >= 15 is 0 Å². The Hall–Kier alpha value is -0.330. The molecule has 0 fully saturated rings. The van der Waals surface area contributed by atoms with Gasteiger partial charge < -0.3 is 0 Å². The van der Waals surface area contributed by atoms with Crippen LogP contribution in [0.2, 0.25) is 0 Å². The normalized spacial score (nSPS) is 25.0. The highest BCUT2D eigenvalue weighted by Gasteiger charge is 2.18. The van der Waals surface area contributed by atoms with Crippen LogP contribution in [0.25, 0.3) is 0 Å². The zero-order chi connectivity index (χ0) is 9.73. The van der Waals surface area contributed by atoms with E-state index in [0.29, 0.717) is 5.41 Å². The molecule has 0 radical (unpaired) electrons. The molecule has 0 unspecified atom stereocenters. The highest BCUT2D eigenvalue weighted by atomic mass is 14.9. The third-order valence-corrected chi connectivity index (χ3v) is 3.07. The van der Waals surface area contributed by atoms with E-state index in [2.05, 4.69) is 31.7 Å². The smallest absolute Gasteiger partial charge is 0.142 e. The van der Waals surface area contributed by atoms with Crippen LogP contribution in [0.3, 0.4) is 0 Å². The SMILES string of the molecule is C[N+]1=CCC(C)(C)CCCCCC1. The summed E-state index contributed by atoms with van der Waals surface area (Å²) < 4.78 is 2.37. The molecule has 1 rings (SSSR count). The van der Waals surface area contributed by atoms with E-state index in [4.69, 9.17) is 0 Å². The lowest BCUT2D eigenvalue weighted by Gasteiger charge is -2.22. The van der Waals surface area contributed by atoms with Crippen molar-refractivity contribution in [1.82, 2.24) is 0 Å². The summed E-state index contributed by atoms with van der Waals surface area (Å²) >= 11 is 0. The van der Waals surface area contributed by atoms with Gasteiger partial charge in [-0.05, 0) is 18.3 Å². The molecule has 1 aliphatic rings. The zero-order valence-corrected chi connectivity index (χ0v) is 9.47. The Morgan fingerprint density at radius 1 is 1.08 bits per heavy atom. The topological polar surface area (TPSA) is 3.01 Å². The van der Waals surface area contributed by atoms with Gasteiger partial charge in [-0.1, -0.05) is 26.7 Å². The summed E-state index contributed by atoms with van der Waals surface area (Å²) in [5.41, 5.74) is 0.519. The highest BCUT2D eigenvalue weighted by molar-refractivity contribution is 5.52. The molecule has 1 nitrogen and oxygen atoms in total. The first-order valence-electron chi connectivity index (χ1n) is 5.64. The number of rotatable bonds is 0. The van der Waals surface area contributed by atoms with Crippen molar-refractivity contribution in [3.05, 3.63) is 0 Å². The molecular weight excluding hydrogens is 158 g/mol. The Morgan fingerprint density at radius 3 is 2.54 bits per heavy atom. The lowest BCUT2D eigenvalue weighted by molar-refractivity contribution is -0.494. The molecule has 1 heterocycles. The van der Waals surface area contributed by atoms with Gasteiger partial charge in [0.2, 0.25) is 0 Å². The summed E-state index contributed by atoms with van der Waals surface area (Å²) in [5.74, 6) is 0. The second kappa shape index (κ2) is 4.78. The minimum atomic E-state index is 0.519. The van der Waals surface area contributed by atoms with Gasteiger partial charge >= 0.3 is 0 Å². The maximum absolute atomic E-state index is 2.39. The Morgan fingerprint density at radius 2 is 1.77 bits per heavy atom. The van der Waals surface area contributed by atoms with Crippen molar-refractivity contribution in [2.75, 3.05) is 13.6 Å². The molecule has 0 bridgehead atoms. The van der Waals surface area contributed by atoms with E-state index in [1.165, 1.54) is 45.1 Å². The van der Waals surface area contributed by atoms with Crippen LogP contribution < -0.4 is 0 Å². The Bertz CT molecular complexity index is 180. The van der Waals surface area contributed by atoms with Gasteiger partial charge in [0, 0.05) is 12.8 Å². The molecule has 1 heteroatoms. The van der Waals surface area contributed by atoms with Gasteiger partial charge in [-0.2, -0.15) is 0 Å². The van der Waals surface area contributed by atoms with Crippen LogP contribution in [0.15, 0.2) is 0 Å². The van der Waals surface area contributed by atoms with E-state index in [1.54, 1.807) is 0 Å². The molecule has 0 aromatic rings. The van der Waals surface area contributed by atoms with Crippen molar-refractivity contribution in [3.63, 3.8) is 0 Å². The molecule has 13 heavy (non-hydrogen) atoms. The molecule has 0 saturated carbocycles. The second-order valence-corrected chi connectivity index (χ2v) is 5.20. The molecule has 76 valence electrons. The lowest BCUT2D eigenvalue weighted by atomic mass is 9.84. The van der Waals surface area contributed by atoms with Crippen LogP contribution in [0.4, 0.5) is 0 Å². The van der Waals surface area contributed by atoms with Crippen LogP contribution >= 0.6 is 0 Å². The monoisotopic (exact) mass is 182 g/mol. The van der Waals surface area contributed by atoms with Crippen LogP contribution in [0.1, 0.15) is 52.4 Å². The van der Waals surface area contributed by atoms with E-state index in [-0.39, 0.29) is 0 Å². The Kier molecular flexibility index (Phi) is 3.95. The zero-order valence-electron chi connectivity index (χ0n) is 9.47. The minimum Gasteiger partial charge on any atom is -0.242 e. The molecular formula is C12H24N+. The molecule has 0 atom stereocenters. The highest BCUT2D eigenvalue weighted by Crippen LogP contribution is 2.27. The fourth-order valence-electron chi connectivity index (χ4n) is 1.91. The van der Waals surface area contributed by atoms with Crippen molar-refractivity contribution in [2.45, 2.75) is 52.4 Å². The molecule has 0 aliphatic carbocycles. The summed E-state index contributed by atoms with van der Waals surface area (Å²) in [7, 11) is 2.21. The first-order valence-corrected chi connectivity index (χ1v) is 5.64. The van der Waals surface area contributed by atoms with Gasteiger partial charge in [0.05, 0.1) is 0 Å². The van der Waals surface area contributed by atoms with E-state index < -0.39 is 0 Å². The van der Waals surface area contributed by atoms with Crippen LogP contribution in [0.5, 0.6) is 0 Å². The fraction of sp³-hybridized carbons (Fsp3) is 0.917. The molecule has 0 saturated heterocycles. The van der Waals surface area contributed by atoms with Gasteiger partial charge in [-0.15, -0.1) is 0 Å². The molecule has 0 spiro atoms. The molecule has 0 aromatic heterocycles. The molecule has 0 N–H and O–H groups in total. The van der Waals surface area contributed by atoms with Gasteiger partial charge in [0.1, 0.15) is 19.8 Å². The molecule has 0 amide bonds. The van der Waals surface area contributed by atoms with Crippen molar-refractivity contribution < 1.29 is 4.58 Å². The summed E-state index contributed by atoms with van der Waals surface area (Å²) in [4.78, 5) is 0. The predicted molar refractivity (Wildman–Crippen MR) is 58.6 cm³/mol.